The lowest BCUT2D eigenvalue weighted by Gasteiger charge is -2.05. The largest absolute Gasteiger partial charge is 0.513 e. The first-order valence-corrected chi connectivity index (χ1v) is 3.99. The summed E-state index contributed by atoms with van der Waals surface area (Å²) in [5.41, 5.74) is 0.663. The number of ether oxygens (including phenoxy) is 2. The quantitative estimate of drug-likeness (QED) is 0.516. The van der Waals surface area contributed by atoms with Gasteiger partial charge in [0, 0.05) is 0 Å². The molecule has 0 saturated carbocycles. The van der Waals surface area contributed by atoms with Crippen LogP contribution in [0.3, 0.4) is 0 Å². The van der Waals surface area contributed by atoms with E-state index in [9.17, 15) is 4.79 Å². The Kier molecular flexibility index (Phi) is 3.31. The maximum Gasteiger partial charge on any atom is 0.513 e. The third kappa shape index (κ3) is 2.78. The van der Waals surface area contributed by atoms with Gasteiger partial charge in [0.15, 0.2) is 0 Å². The number of hydrogen-bond acceptors (Lipinski definition) is 3. The number of benzene rings is 1. The Hall–Kier alpha value is -1.51. The third-order valence-electron chi connectivity index (χ3n) is 1.43. The van der Waals surface area contributed by atoms with Crippen molar-refractivity contribution in [1.82, 2.24) is 0 Å². The molecule has 0 spiro atoms. The van der Waals surface area contributed by atoms with Crippen molar-refractivity contribution in [3.05, 3.63) is 36.8 Å². The van der Waals surface area contributed by atoms with E-state index in [0.717, 1.165) is 0 Å². The molecule has 0 N–H and O–H groups in total. The topological polar surface area (TPSA) is 35.5 Å². The third-order valence-corrected chi connectivity index (χ3v) is 1.43. The highest BCUT2D eigenvalue weighted by Crippen LogP contribution is 2.16. The fraction of sp³-hybridized carbons (Fsp3) is 0.200. The second kappa shape index (κ2) is 4.50. The van der Waals surface area contributed by atoms with E-state index in [2.05, 4.69) is 11.7 Å². The molecule has 0 saturated heterocycles. The van der Waals surface area contributed by atoms with Crippen molar-refractivity contribution in [3.63, 3.8) is 0 Å². The standard InChI is InChI=1S/C10H11O3/c1-3-12-10(11)13-9-7-5-4-6-8(9)2/h4-7H,2-3H2,1H3. The summed E-state index contributed by atoms with van der Waals surface area (Å²) < 4.78 is 9.47. The Morgan fingerprint density at radius 3 is 2.77 bits per heavy atom. The van der Waals surface area contributed by atoms with Crippen LogP contribution in [0.15, 0.2) is 24.3 Å². The molecular weight excluding hydrogens is 168 g/mol. The van der Waals surface area contributed by atoms with Crippen LogP contribution in [0.2, 0.25) is 0 Å². The predicted octanol–water partition coefficient (Wildman–Crippen LogP) is 2.40. The van der Waals surface area contributed by atoms with Gasteiger partial charge in [0.05, 0.1) is 6.61 Å². The summed E-state index contributed by atoms with van der Waals surface area (Å²) in [5, 5.41) is 0. The van der Waals surface area contributed by atoms with Gasteiger partial charge in [0.2, 0.25) is 0 Å². The molecule has 0 aliphatic carbocycles. The highest BCUT2D eigenvalue weighted by Gasteiger charge is 2.05. The molecule has 1 radical (unpaired) electrons. The summed E-state index contributed by atoms with van der Waals surface area (Å²) in [6.45, 7) is 5.72. The Labute approximate surface area is 77.3 Å². The zero-order valence-electron chi connectivity index (χ0n) is 7.45. The molecule has 0 amide bonds. The van der Waals surface area contributed by atoms with Gasteiger partial charge >= 0.3 is 6.16 Å². The molecule has 3 heteroatoms. The van der Waals surface area contributed by atoms with E-state index in [1.807, 2.05) is 6.07 Å². The van der Waals surface area contributed by atoms with Crippen molar-refractivity contribution in [1.29, 1.82) is 0 Å². The van der Waals surface area contributed by atoms with Crippen LogP contribution >= 0.6 is 0 Å². The van der Waals surface area contributed by atoms with Gasteiger partial charge in [-0.05, 0) is 25.5 Å². The molecule has 1 aromatic carbocycles. The summed E-state index contributed by atoms with van der Waals surface area (Å²) in [6.07, 6.45) is -0.696. The van der Waals surface area contributed by atoms with E-state index >= 15 is 0 Å². The minimum atomic E-state index is -0.696. The summed E-state index contributed by atoms with van der Waals surface area (Å²) in [7, 11) is 0. The van der Waals surface area contributed by atoms with Gasteiger partial charge in [-0.2, -0.15) is 0 Å². The zero-order chi connectivity index (χ0) is 9.68. The van der Waals surface area contributed by atoms with Crippen LogP contribution in [0.4, 0.5) is 4.79 Å². The van der Waals surface area contributed by atoms with Gasteiger partial charge in [0.1, 0.15) is 5.75 Å². The minimum absolute atomic E-state index is 0.304. The van der Waals surface area contributed by atoms with Crippen molar-refractivity contribution in [2.24, 2.45) is 0 Å². The molecule has 1 aromatic rings. The monoisotopic (exact) mass is 179 g/mol. The van der Waals surface area contributed by atoms with Crippen molar-refractivity contribution >= 4 is 6.16 Å². The van der Waals surface area contributed by atoms with E-state index in [1.165, 1.54) is 0 Å². The van der Waals surface area contributed by atoms with Crippen LogP contribution in [0.1, 0.15) is 12.5 Å². The number of para-hydroxylation sites is 1. The Balaban J connectivity index is 2.63. The fourth-order valence-corrected chi connectivity index (χ4v) is 0.840. The average Bonchev–Trinajstić information content (AvgIpc) is 2.09. The summed E-state index contributed by atoms with van der Waals surface area (Å²) in [4.78, 5) is 10.9. The first-order valence-electron chi connectivity index (χ1n) is 3.99. The maximum absolute atomic E-state index is 10.9. The van der Waals surface area contributed by atoms with Crippen LogP contribution in [0, 0.1) is 6.92 Å². The second-order valence-corrected chi connectivity index (χ2v) is 2.39. The van der Waals surface area contributed by atoms with Crippen molar-refractivity contribution in [2.75, 3.05) is 6.61 Å². The van der Waals surface area contributed by atoms with Crippen molar-refractivity contribution in [3.8, 4) is 5.75 Å². The summed E-state index contributed by atoms with van der Waals surface area (Å²) in [5.74, 6) is 0.431. The molecule has 13 heavy (non-hydrogen) atoms. The maximum atomic E-state index is 10.9. The summed E-state index contributed by atoms with van der Waals surface area (Å²) in [6, 6.07) is 7.01. The Bertz CT molecular complexity index is 294. The van der Waals surface area contributed by atoms with E-state index < -0.39 is 6.16 Å². The lowest BCUT2D eigenvalue weighted by molar-refractivity contribution is 0.104. The molecule has 69 valence electrons. The Morgan fingerprint density at radius 2 is 2.15 bits per heavy atom. The molecule has 0 bridgehead atoms. The smallest absolute Gasteiger partial charge is 0.434 e. The molecule has 0 atom stereocenters. The molecule has 1 rings (SSSR count). The lowest BCUT2D eigenvalue weighted by atomic mass is 10.2. The number of rotatable bonds is 2. The number of carbonyl (C=O) groups is 1. The van der Waals surface area contributed by atoms with Crippen LogP contribution < -0.4 is 4.74 Å². The highest BCUT2D eigenvalue weighted by molar-refractivity contribution is 5.64. The van der Waals surface area contributed by atoms with Gasteiger partial charge in [-0.3, -0.25) is 0 Å². The SMILES string of the molecule is [CH2]c1ccccc1OC(=O)OCC. The van der Waals surface area contributed by atoms with E-state index in [4.69, 9.17) is 4.74 Å². The fourth-order valence-electron chi connectivity index (χ4n) is 0.840. The van der Waals surface area contributed by atoms with Gasteiger partial charge in [-0.15, -0.1) is 0 Å². The van der Waals surface area contributed by atoms with E-state index in [-0.39, 0.29) is 0 Å². The first kappa shape index (κ1) is 9.58. The first-order chi connectivity index (χ1) is 6.24. The summed E-state index contributed by atoms with van der Waals surface area (Å²) >= 11 is 0. The molecular formula is C10H11O3. The number of carbonyl (C=O) groups excluding carboxylic acids is 1. The van der Waals surface area contributed by atoms with Gasteiger partial charge in [0.25, 0.3) is 0 Å². The molecule has 0 aromatic heterocycles. The van der Waals surface area contributed by atoms with Gasteiger partial charge in [-0.25, -0.2) is 4.79 Å². The number of hydrogen-bond donors (Lipinski definition) is 0. The molecule has 0 fully saturated rings. The molecule has 0 unspecified atom stereocenters. The average molecular weight is 179 g/mol. The zero-order valence-corrected chi connectivity index (χ0v) is 7.45. The lowest BCUT2D eigenvalue weighted by Crippen LogP contribution is -2.10. The predicted molar refractivity (Wildman–Crippen MR) is 48.6 cm³/mol. The second-order valence-electron chi connectivity index (χ2n) is 2.39. The van der Waals surface area contributed by atoms with Crippen molar-refractivity contribution in [2.45, 2.75) is 6.92 Å². The van der Waals surface area contributed by atoms with Crippen LogP contribution in [-0.4, -0.2) is 12.8 Å². The van der Waals surface area contributed by atoms with Crippen LogP contribution in [0.25, 0.3) is 0 Å². The van der Waals surface area contributed by atoms with E-state index in [0.29, 0.717) is 17.9 Å². The van der Waals surface area contributed by atoms with E-state index in [1.54, 1.807) is 25.1 Å². The normalized spacial score (nSPS) is 9.38. The van der Waals surface area contributed by atoms with Gasteiger partial charge in [-0.1, -0.05) is 18.2 Å². The molecule has 3 nitrogen and oxygen atoms in total. The molecule has 0 heterocycles. The Morgan fingerprint density at radius 1 is 1.46 bits per heavy atom. The van der Waals surface area contributed by atoms with Gasteiger partial charge < -0.3 is 9.47 Å². The van der Waals surface area contributed by atoms with Crippen molar-refractivity contribution < 1.29 is 14.3 Å². The molecule has 0 aliphatic heterocycles. The minimum Gasteiger partial charge on any atom is -0.434 e. The molecule has 0 aliphatic rings. The highest BCUT2D eigenvalue weighted by atomic mass is 16.7. The van der Waals surface area contributed by atoms with Crippen LogP contribution in [0.5, 0.6) is 5.75 Å². The van der Waals surface area contributed by atoms with Crippen LogP contribution in [-0.2, 0) is 4.74 Å².